The van der Waals surface area contributed by atoms with Gasteiger partial charge in [-0.25, -0.2) is 0 Å². The second-order valence-corrected chi connectivity index (χ2v) is 5.11. The first-order valence-electron chi connectivity index (χ1n) is 6.84. The zero-order chi connectivity index (χ0) is 13.8. The lowest BCUT2D eigenvalue weighted by atomic mass is 9.98. The molecule has 1 saturated heterocycles. The number of rotatable bonds is 3. The Bertz CT molecular complexity index is 508. The molecule has 0 saturated carbocycles. The van der Waals surface area contributed by atoms with Crippen LogP contribution in [-0.2, 0) is 0 Å². The molecule has 0 aliphatic carbocycles. The monoisotopic (exact) mass is 263 g/mol. The Morgan fingerprint density at radius 1 is 1.47 bits per heavy atom. The van der Waals surface area contributed by atoms with Crippen molar-refractivity contribution in [3.8, 4) is 0 Å². The molecule has 1 atom stereocenters. The number of hydrogen-bond acceptors (Lipinski definition) is 3. The van der Waals surface area contributed by atoms with Crippen LogP contribution in [-0.4, -0.2) is 34.9 Å². The van der Waals surface area contributed by atoms with E-state index in [-0.39, 0.29) is 23.1 Å². The van der Waals surface area contributed by atoms with Gasteiger partial charge in [0, 0.05) is 18.3 Å². The second-order valence-electron chi connectivity index (χ2n) is 5.11. The third-order valence-electron chi connectivity index (χ3n) is 3.67. The summed E-state index contributed by atoms with van der Waals surface area (Å²) in [7, 11) is 0. The summed E-state index contributed by atoms with van der Waals surface area (Å²) in [6, 6.07) is 3.55. The number of nitrogens with one attached hydrogen (secondary N) is 1. The summed E-state index contributed by atoms with van der Waals surface area (Å²) in [5, 5.41) is 0. The molecule has 1 amide bonds. The number of aromatic amines is 1. The molecule has 1 aromatic heterocycles. The van der Waals surface area contributed by atoms with E-state index in [1.54, 1.807) is 19.1 Å². The summed E-state index contributed by atoms with van der Waals surface area (Å²) in [6.07, 6.45) is 3.90. The molecule has 5 nitrogen and oxygen atoms in total. The van der Waals surface area contributed by atoms with Crippen molar-refractivity contribution in [1.82, 2.24) is 9.88 Å². The van der Waals surface area contributed by atoms with E-state index in [0.29, 0.717) is 6.54 Å². The molecule has 0 aromatic carbocycles. The number of aromatic nitrogens is 1. The van der Waals surface area contributed by atoms with Crippen LogP contribution in [0.2, 0.25) is 0 Å². The Balaban J connectivity index is 2.23. The van der Waals surface area contributed by atoms with Gasteiger partial charge in [-0.2, -0.15) is 0 Å². The lowest BCUT2D eigenvalue weighted by Gasteiger charge is -2.35. The third-order valence-corrected chi connectivity index (χ3v) is 3.67. The number of carbonyl (C=O) groups is 1. The van der Waals surface area contributed by atoms with Gasteiger partial charge in [0.1, 0.15) is 5.56 Å². The summed E-state index contributed by atoms with van der Waals surface area (Å²) < 4.78 is 0. The van der Waals surface area contributed by atoms with E-state index < -0.39 is 0 Å². The number of hydrogen-bond donors (Lipinski definition) is 2. The first-order valence-corrected chi connectivity index (χ1v) is 6.84. The number of nitrogens with two attached hydrogens (primary N) is 1. The Kier molecular flexibility index (Phi) is 4.37. The summed E-state index contributed by atoms with van der Waals surface area (Å²) in [5.41, 5.74) is 6.29. The minimum Gasteiger partial charge on any atom is -0.335 e. The van der Waals surface area contributed by atoms with Crippen molar-refractivity contribution in [3.05, 3.63) is 33.7 Å². The number of H-pyrrole nitrogens is 1. The van der Waals surface area contributed by atoms with E-state index in [1.165, 1.54) is 0 Å². The highest BCUT2D eigenvalue weighted by atomic mass is 16.2. The fourth-order valence-electron chi connectivity index (χ4n) is 2.66. The van der Waals surface area contributed by atoms with Crippen molar-refractivity contribution in [1.29, 1.82) is 0 Å². The van der Waals surface area contributed by atoms with Gasteiger partial charge in [-0.15, -0.1) is 0 Å². The van der Waals surface area contributed by atoms with Gasteiger partial charge in [0.2, 0.25) is 0 Å². The van der Waals surface area contributed by atoms with Gasteiger partial charge in [0.15, 0.2) is 0 Å². The fraction of sp³-hybridized carbons (Fsp3) is 0.571. The average Bonchev–Trinajstić information content (AvgIpc) is 2.39. The minimum atomic E-state index is -0.304. The molecule has 1 fully saturated rings. The number of amides is 1. The van der Waals surface area contributed by atoms with Crippen LogP contribution in [0.25, 0.3) is 0 Å². The van der Waals surface area contributed by atoms with Crippen molar-refractivity contribution in [3.63, 3.8) is 0 Å². The SMILES string of the molecule is Cc1ccc(C(=O)N2CCCCC2CCN)c(=O)[nH]1. The zero-order valence-electron chi connectivity index (χ0n) is 11.3. The predicted molar refractivity (Wildman–Crippen MR) is 74.1 cm³/mol. The molecule has 3 N–H and O–H groups in total. The molecule has 2 rings (SSSR count). The van der Waals surface area contributed by atoms with Gasteiger partial charge >= 0.3 is 0 Å². The molecule has 0 spiro atoms. The maximum atomic E-state index is 12.5. The van der Waals surface area contributed by atoms with Crippen LogP contribution in [0.15, 0.2) is 16.9 Å². The van der Waals surface area contributed by atoms with Crippen LogP contribution >= 0.6 is 0 Å². The predicted octanol–water partition coefficient (Wildman–Crippen LogP) is 1.03. The molecule has 0 bridgehead atoms. The summed E-state index contributed by atoms with van der Waals surface area (Å²) >= 11 is 0. The number of likely N-dealkylation sites (tertiary alicyclic amines) is 1. The Morgan fingerprint density at radius 3 is 2.95 bits per heavy atom. The zero-order valence-corrected chi connectivity index (χ0v) is 11.3. The van der Waals surface area contributed by atoms with Crippen molar-refractivity contribution >= 4 is 5.91 Å². The van der Waals surface area contributed by atoms with Crippen LogP contribution < -0.4 is 11.3 Å². The van der Waals surface area contributed by atoms with Crippen LogP contribution in [0.5, 0.6) is 0 Å². The lowest BCUT2D eigenvalue weighted by molar-refractivity contribution is 0.0603. The molecule has 2 heterocycles. The maximum absolute atomic E-state index is 12.5. The van der Waals surface area contributed by atoms with Gasteiger partial charge in [-0.1, -0.05) is 0 Å². The lowest BCUT2D eigenvalue weighted by Crippen LogP contribution is -2.46. The van der Waals surface area contributed by atoms with Crippen molar-refractivity contribution < 1.29 is 4.79 Å². The van der Waals surface area contributed by atoms with E-state index in [9.17, 15) is 9.59 Å². The number of pyridine rings is 1. The normalized spacial score (nSPS) is 19.5. The minimum absolute atomic E-state index is 0.167. The molecule has 1 unspecified atom stereocenters. The second kappa shape index (κ2) is 6.02. The smallest absolute Gasteiger partial charge is 0.260 e. The quantitative estimate of drug-likeness (QED) is 0.854. The molecule has 104 valence electrons. The van der Waals surface area contributed by atoms with Gasteiger partial charge in [0.25, 0.3) is 11.5 Å². The molecule has 1 aliphatic rings. The molecular weight excluding hydrogens is 242 g/mol. The Labute approximate surface area is 112 Å². The fourth-order valence-corrected chi connectivity index (χ4v) is 2.66. The summed E-state index contributed by atoms with van der Waals surface area (Å²) in [4.78, 5) is 28.8. The van der Waals surface area contributed by atoms with Crippen LogP contribution in [0.1, 0.15) is 41.7 Å². The van der Waals surface area contributed by atoms with Crippen molar-refractivity contribution in [2.75, 3.05) is 13.1 Å². The van der Waals surface area contributed by atoms with E-state index in [0.717, 1.165) is 37.9 Å². The van der Waals surface area contributed by atoms with E-state index >= 15 is 0 Å². The Morgan fingerprint density at radius 2 is 2.26 bits per heavy atom. The first kappa shape index (κ1) is 13.8. The first-order chi connectivity index (χ1) is 9.13. The maximum Gasteiger partial charge on any atom is 0.260 e. The van der Waals surface area contributed by atoms with Gasteiger partial charge < -0.3 is 15.6 Å². The van der Waals surface area contributed by atoms with Gasteiger partial charge in [-0.3, -0.25) is 9.59 Å². The molecule has 1 aliphatic heterocycles. The standard InChI is InChI=1S/C14H21N3O2/c1-10-5-6-12(13(18)16-10)14(19)17-9-3-2-4-11(17)7-8-15/h5-6,11H,2-4,7-9,15H2,1H3,(H,16,18). The molecule has 19 heavy (non-hydrogen) atoms. The summed E-state index contributed by atoms with van der Waals surface area (Å²) in [5.74, 6) is -0.167. The molecule has 0 radical (unpaired) electrons. The van der Waals surface area contributed by atoms with Gasteiger partial charge in [0.05, 0.1) is 0 Å². The van der Waals surface area contributed by atoms with E-state index in [2.05, 4.69) is 4.98 Å². The highest BCUT2D eigenvalue weighted by Crippen LogP contribution is 2.20. The number of piperidine rings is 1. The topological polar surface area (TPSA) is 79.2 Å². The van der Waals surface area contributed by atoms with E-state index in [1.807, 2.05) is 4.90 Å². The summed E-state index contributed by atoms with van der Waals surface area (Å²) in [6.45, 7) is 3.09. The highest BCUT2D eigenvalue weighted by Gasteiger charge is 2.28. The number of carbonyl (C=O) groups excluding carboxylic acids is 1. The third kappa shape index (κ3) is 3.04. The van der Waals surface area contributed by atoms with Crippen LogP contribution in [0, 0.1) is 6.92 Å². The largest absolute Gasteiger partial charge is 0.335 e. The number of nitrogens with zero attached hydrogens (tertiary/aromatic N) is 1. The van der Waals surface area contributed by atoms with Crippen LogP contribution in [0.3, 0.4) is 0 Å². The highest BCUT2D eigenvalue weighted by molar-refractivity contribution is 5.94. The van der Waals surface area contributed by atoms with Crippen molar-refractivity contribution in [2.24, 2.45) is 5.73 Å². The molecular formula is C14H21N3O2. The van der Waals surface area contributed by atoms with Crippen LogP contribution in [0.4, 0.5) is 0 Å². The van der Waals surface area contributed by atoms with Crippen molar-refractivity contribution in [2.45, 2.75) is 38.6 Å². The molecule has 1 aromatic rings. The average molecular weight is 263 g/mol. The number of aryl methyl sites for hydroxylation is 1. The molecule has 5 heteroatoms. The van der Waals surface area contributed by atoms with E-state index in [4.69, 9.17) is 5.73 Å². The Hall–Kier alpha value is -1.62. The van der Waals surface area contributed by atoms with Gasteiger partial charge in [-0.05, 0) is 51.3 Å².